The van der Waals surface area contributed by atoms with Crippen LogP contribution in [0.1, 0.15) is 47.5 Å². The summed E-state index contributed by atoms with van der Waals surface area (Å²) >= 11 is 0. The highest BCUT2D eigenvalue weighted by Crippen LogP contribution is 2.25. The van der Waals surface area contributed by atoms with Gasteiger partial charge in [0.05, 0.1) is 18.2 Å². The molecule has 1 atom stereocenters. The Labute approximate surface area is 119 Å². The normalized spacial score (nSPS) is 21.9. The third kappa shape index (κ3) is 5.24. The second-order valence-electron chi connectivity index (χ2n) is 6.53. The van der Waals surface area contributed by atoms with E-state index in [2.05, 4.69) is 5.43 Å². The lowest BCUT2D eigenvalue weighted by molar-refractivity contribution is -0.0916. The summed E-state index contributed by atoms with van der Waals surface area (Å²) in [5, 5.41) is 10.1. The fourth-order valence-electron chi connectivity index (χ4n) is 1.89. The molecule has 1 heterocycles. The fourth-order valence-corrected chi connectivity index (χ4v) is 1.89. The van der Waals surface area contributed by atoms with Crippen molar-refractivity contribution in [2.75, 3.05) is 6.61 Å². The largest absolute Gasteiger partial charge is 0.464 e. The minimum absolute atomic E-state index is 0.245. The van der Waals surface area contributed by atoms with Crippen molar-refractivity contribution in [3.05, 3.63) is 0 Å². The molecule has 0 radical (unpaired) electrons. The molecule has 0 spiro atoms. The molecule has 7 heteroatoms. The van der Waals surface area contributed by atoms with Crippen molar-refractivity contribution in [3.63, 3.8) is 0 Å². The number of carboxylic acid groups (broad SMARTS) is 1. The SMILES string of the molecule is CC(C)(C)OC(=O)NN(C(=O)O)[C@H]1CCC(C)(C)OC1. The molecule has 0 saturated carbocycles. The molecule has 116 valence electrons. The molecule has 0 aromatic rings. The van der Waals surface area contributed by atoms with Gasteiger partial charge in [0.1, 0.15) is 5.60 Å². The molecular weight excluding hydrogens is 264 g/mol. The molecule has 7 nitrogen and oxygen atoms in total. The number of hydrazine groups is 1. The lowest BCUT2D eigenvalue weighted by Crippen LogP contribution is -2.56. The van der Waals surface area contributed by atoms with Crippen LogP contribution in [-0.4, -0.2) is 46.2 Å². The Morgan fingerprint density at radius 2 is 2.00 bits per heavy atom. The molecule has 0 aromatic carbocycles. The Morgan fingerprint density at radius 3 is 2.40 bits per heavy atom. The molecule has 0 aliphatic carbocycles. The Morgan fingerprint density at radius 1 is 1.40 bits per heavy atom. The van der Waals surface area contributed by atoms with Gasteiger partial charge >= 0.3 is 12.2 Å². The molecule has 0 aromatic heterocycles. The lowest BCUT2D eigenvalue weighted by Gasteiger charge is -2.38. The van der Waals surface area contributed by atoms with Crippen LogP contribution in [0.2, 0.25) is 0 Å². The van der Waals surface area contributed by atoms with Crippen LogP contribution in [0.25, 0.3) is 0 Å². The highest BCUT2D eigenvalue weighted by Gasteiger charge is 2.34. The first-order chi connectivity index (χ1) is 9.00. The molecule has 2 amide bonds. The number of nitrogens with zero attached hydrogens (tertiary/aromatic N) is 1. The summed E-state index contributed by atoms with van der Waals surface area (Å²) in [6.07, 6.45) is -0.680. The number of carbonyl (C=O) groups excluding carboxylic acids is 1. The van der Waals surface area contributed by atoms with Gasteiger partial charge in [-0.05, 0) is 47.5 Å². The van der Waals surface area contributed by atoms with Gasteiger partial charge in [0, 0.05) is 0 Å². The van der Waals surface area contributed by atoms with E-state index in [1.54, 1.807) is 20.8 Å². The van der Waals surface area contributed by atoms with E-state index in [0.29, 0.717) is 6.42 Å². The Hall–Kier alpha value is -1.50. The van der Waals surface area contributed by atoms with Crippen LogP contribution in [0.15, 0.2) is 0 Å². The van der Waals surface area contributed by atoms with E-state index in [1.807, 2.05) is 13.8 Å². The van der Waals surface area contributed by atoms with Crippen LogP contribution in [0.5, 0.6) is 0 Å². The van der Waals surface area contributed by atoms with Crippen LogP contribution in [0.4, 0.5) is 9.59 Å². The zero-order valence-corrected chi connectivity index (χ0v) is 12.7. The first-order valence-corrected chi connectivity index (χ1v) is 6.66. The number of amides is 2. The van der Waals surface area contributed by atoms with Crippen molar-refractivity contribution < 1.29 is 24.2 Å². The average Bonchev–Trinajstić information content (AvgIpc) is 2.23. The molecule has 1 aliphatic rings. The first kappa shape index (κ1) is 16.6. The van der Waals surface area contributed by atoms with Crippen molar-refractivity contribution >= 4 is 12.2 Å². The number of ether oxygens (including phenoxy) is 2. The van der Waals surface area contributed by atoms with Crippen molar-refractivity contribution in [2.45, 2.75) is 64.7 Å². The second-order valence-corrected chi connectivity index (χ2v) is 6.53. The van der Waals surface area contributed by atoms with E-state index in [1.165, 1.54) is 0 Å². The van der Waals surface area contributed by atoms with Gasteiger partial charge in [-0.2, -0.15) is 0 Å². The summed E-state index contributed by atoms with van der Waals surface area (Å²) in [7, 11) is 0. The van der Waals surface area contributed by atoms with Crippen LogP contribution in [-0.2, 0) is 9.47 Å². The standard InChI is InChI=1S/C13H24N2O5/c1-12(2,3)20-10(16)14-15(11(17)18)9-6-7-13(4,5)19-8-9/h9H,6-8H2,1-5H3,(H,14,16)(H,17,18)/t9-/m0/s1. The number of rotatable bonds is 1. The number of hydrogen-bond donors (Lipinski definition) is 2. The summed E-state index contributed by atoms with van der Waals surface area (Å²) in [5.74, 6) is 0. The molecule has 1 fully saturated rings. The average molecular weight is 288 g/mol. The quantitative estimate of drug-likeness (QED) is 0.723. The second kappa shape index (κ2) is 5.87. The van der Waals surface area contributed by atoms with Crippen molar-refractivity contribution in [3.8, 4) is 0 Å². The smallest absolute Gasteiger partial charge is 0.426 e. The predicted octanol–water partition coefficient (Wildman–Crippen LogP) is 2.36. The van der Waals surface area contributed by atoms with E-state index in [-0.39, 0.29) is 12.2 Å². The van der Waals surface area contributed by atoms with E-state index in [4.69, 9.17) is 9.47 Å². The highest BCUT2D eigenvalue weighted by atomic mass is 16.6. The van der Waals surface area contributed by atoms with E-state index in [9.17, 15) is 14.7 Å². The first-order valence-electron chi connectivity index (χ1n) is 6.66. The van der Waals surface area contributed by atoms with Gasteiger partial charge in [0.15, 0.2) is 0 Å². The van der Waals surface area contributed by atoms with E-state index >= 15 is 0 Å². The zero-order chi connectivity index (χ0) is 15.6. The monoisotopic (exact) mass is 288 g/mol. The third-order valence-corrected chi connectivity index (χ3v) is 2.93. The fraction of sp³-hybridized carbons (Fsp3) is 0.846. The van der Waals surface area contributed by atoms with Gasteiger partial charge < -0.3 is 14.6 Å². The van der Waals surface area contributed by atoms with Gasteiger partial charge in [-0.3, -0.25) is 0 Å². The zero-order valence-electron chi connectivity index (χ0n) is 12.7. The predicted molar refractivity (Wildman–Crippen MR) is 72.3 cm³/mol. The molecule has 0 bridgehead atoms. The molecule has 0 unspecified atom stereocenters. The van der Waals surface area contributed by atoms with Crippen molar-refractivity contribution in [1.82, 2.24) is 10.4 Å². The van der Waals surface area contributed by atoms with Crippen LogP contribution < -0.4 is 5.43 Å². The molecule has 1 saturated heterocycles. The van der Waals surface area contributed by atoms with E-state index in [0.717, 1.165) is 11.4 Å². The summed E-state index contributed by atoms with van der Waals surface area (Å²) in [5.41, 5.74) is 1.32. The highest BCUT2D eigenvalue weighted by molar-refractivity contribution is 5.73. The molecule has 1 aliphatic heterocycles. The van der Waals surface area contributed by atoms with Crippen LogP contribution >= 0.6 is 0 Å². The summed E-state index contributed by atoms with van der Waals surface area (Å²) in [6, 6.07) is -0.409. The van der Waals surface area contributed by atoms with Crippen molar-refractivity contribution in [2.24, 2.45) is 0 Å². The van der Waals surface area contributed by atoms with Crippen LogP contribution in [0.3, 0.4) is 0 Å². The molecule has 1 rings (SSSR count). The van der Waals surface area contributed by atoms with Gasteiger partial charge in [-0.15, -0.1) is 0 Å². The van der Waals surface area contributed by atoms with Gasteiger partial charge in [-0.1, -0.05) is 0 Å². The Balaban J connectivity index is 2.62. The minimum atomic E-state index is -1.23. The number of carbonyl (C=O) groups is 2. The van der Waals surface area contributed by atoms with Gasteiger partial charge in [0.2, 0.25) is 0 Å². The van der Waals surface area contributed by atoms with Crippen LogP contribution in [0, 0.1) is 0 Å². The molecule has 20 heavy (non-hydrogen) atoms. The van der Waals surface area contributed by atoms with Gasteiger partial charge in [0.25, 0.3) is 0 Å². The maximum absolute atomic E-state index is 11.7. The maximum atomic E-state index is 11.7. The molecular formula is C13H24N2O5. The minimum Gasteiger partial charge on any atom is -0.464 e. The maximum Gasteiger partial charge on any atom is 0.426 e. The van der Waals surface area contributed by atoms with Gasteiger partial charge in [-0.25, -0.2) is 20.0 Å². The lowest BCUT2D eigenvalue weighted by atomic mass is 9.95. The third-order valence-electron chi connectivity index (χ3n) is 2.93. The summed E-state index contributed by atoms with van der Waals surface area (Å²) < 4.78 is 10.6. The summed E-state index contributed by atoms with van der Waals surface area (Å²) in [6.45, 7) is 9.29. The number of hydrogen-bond acceptors (Lipinski definition) is 4. The molecule has 2 N–H and O–H groups in total. The Bertz CT molecular complexity index is 365. The van der Waals surface area contributed by atoms with Crippen molar-refractivity contribution in [1.29, 1.82) is 0 Å². The summed E-state index contributed by atoms with van der Waals surface area (Å²) in [4.78, 5) is 22.9. The number of nitrogens with one attached hydrogen (secondary N) is 1. The van der Waals surface area contributed by atoms with E-state index < -0.39 is 23.8 Å². The topological polar surface area (TPSA) is 88.1 Å². The Kier molecular flexibility index (Phi) is 4.86.